The standard InChI is InChI=1S/C21H32F3N3O4/c1-26-27(20(30)19(29)18(25)10-14-6-3-2-4-7-14)12-16(28)13-31-17-9-5-8-15(11-17)21(22,23)24/h5,8-9,11,14,16,18-19,26,28-29H,2-4,6-7,10,12-13,25H2,1H3/t16?,18-,19?/m1/s1. The Morgan fingerprint density at radius 3 is 2.58 bits per heavy atom. The first-order valence-corrected chi connectivity index (χ1v) is 10.5. The number of aliphatic hydroxyl groups excluding tert-OH is 2. The number of carbonyl (C=O) groups is 1. The molecule has 0 aliphatic heterocycles. The quantitative estimate of drug-likeness (QED) is 0.409. The van der Waals surface area contributed by atoms with Gasteiger partial charge in [-0.25, -0.2) is 5.43 Å². The van der Waals surface area contributed by atoms with Crippen molar-refractivity contribution in [2.45, 2.75) is 63.0 Å². The molecule has 1 amide bonds. The maximum atomic E-state index is 12.8. The monoisotopic (exact) mass is 447 g/mol. The van der Waals surface area contributed by atoms with E-state index in [0.29, 0.717) is 12.3 Å². The Balaban J connectivity index is 1.85. The largest absolute Gasteiger partial charge is 0.491 e. The molecule has 1 saturated carbocycles. The lowest BCUT2D eigenvalue weighted by Gasteiger charge is -2.30. The van der Waals surface area contributed by atoms with Gasteiger partial charge in [0.15, 0.2) is 0 Å². The number of amides is 1. The van der Waals surface area contributed by atoms with E-state index in [0.717, 1.165) is 42.8 Å². The maximum Gasteiger partial charge on any atom is 0.416 e. The van der Waals surface area contributed by atoms with E-state index in [1.807, 2.05) is 0 Å². The van der Waals surface area contributed by atoms with Crippen LogP contribution < -0.4 is 15.9 Å². The van der Waals surface area contributed by atoms with Crippen molar-refractivity contribution in [2.75, 3.05) is 20.2 Å². The molecule has 2 unspecified atom stereocenters. The number of aliphatic hydroxyl groups is 2. The van der Waals surface area contributed by atoms with E-state index < -0.39 is 35.9 Å². The number of nitrogens with zero attached hydrogens (tertiary/aromatic N) is 1. The molecule has 1 aliphatic carbocycles. The summed E-state index contributed by atoms with van der Waals surface area (Å²) in [5, 5.41) is 21.6. The molecule has 0 bridgehead atoms. The normalized spacial score (nSPS) is 18.3. The average molecular weight is 447 g/mol. The Morgan fingerprint density at radius 1 is 1.29 bits per heavy atom. The first kappa shape index (κ1) is 25.4. The Hall–Kier alpha value is -1.88. The van der Waals surface area contributed by atoms with Crippen LogP contribution in [0.5, 0.6) is 5.75 Å². The fourth-order valence-corrected chi connectivity index (χ4v) is 3.79. The molecule has 0 spiro atoms. The molecule has 0 aromatic heterocycles. The minimum Gasteiger partial charge on any atom is -0.491 e. The van der Waals surface area contributed by atoms with Gasteiger partial charge in [0.25, 0.3) is 5.91 Å². The summed E-state index contributed by atoms with van der Waals surface area (Å²) in [4.78, 5) is 12.6. The molecule has 5 N–H and O–H groups in total. The van der Waals surface area contributed by atoms with Gasteiger partial charge in [-0.05, 0) is 30.5 Å². The summed E-state index contributed by atoms with van der Waals surface area (Å²) >= 11 is 0. The number of rotatable bonds is 10. The Bertz CT molecular complexity index is 699. The zero-order valence-corrected chi connectivity index (χ0v) is 17.6. The smallest absolute Gasteiger partial charge is 0.416 e. The lowest BCUT2D eigenvalue weighted by molar-refractivity contribution is -0.146. The minimum absolute atomic E-state index is 0.0502. The summed E-state index contributed by atoms with van der Waals surface area (Å²) in [7, 11) is 1.46. The van der Waals surface area contributed by atoms with Crippen LogP contribution in [0.4, 0.5) is 13.2 Å². The molecule has 0 heterocycles. The first-order valence-electron chi connectivity index (χ1n) is 10.5. The van der Waals surface area contributed by atoms with Crippen LogP contribution in [0.3, 0.4) is 0 Å². The predicted octanol–water partition coefficient (Wildman–Crippen LogP) is 2.07. The summed E-state index contributed by atoms with van der Waals surface area (Å²) in [6.45, 7) is -0.571. The average Bonchev–Trinajstić information content (AvgIpc) is 2.75. The third-order valence-corrected chi connectivity index (χ3v) is 5.52. The van der Waals surface area contributed by atoms with Gasteiger partial charge >= 0.3 is 6.18 Å². The van der Waals surface area contributed by atoms with Gasteiger partial charge in [0.05, 0.1) is 12.1 Å². The van der Waals surface area contributed by atoms with Gasteiger partial charge in [-0.2, -0.15) is 13.2 Å². The molecule has 176 valence electrons. The molecule has 10 heteroatoms. The summed E-state index contributed by atoms with van der Waals surface area (Å²) in [5.41, 5.74) is 7.80. The van der Waals surface area contributed by atoms with Gasteiger partial charge in [-0.1, -0.05) is 38.2 Å². The summed E-state index contributed by atoms with van der Waals surface area (Å²) in [6.07, 6.45) is -1.05. The number of alkyl halides is 3. The molecular formula is C21H32F3N3O4. The SMILES string of the molecule is CNN(CC(O)COc1cccc(C(F)(F)F)c1)C(=O)C(O)[C@H](N)CC1CCCCC1. The highest BCUT2D eigenvalue weighted by Crippen LogP contribution is 2.31. The zero-order valence-electron chi connectivity index (χ0n) is 17.6. The molecule has 3 atom stereocenters. The van der Waals surface area contributed by atoms with Crippen LogP contribution in [-0.2, 0) is 11.0 Å². The molecule has 0 saturated heterocycles. The van der Waals surface area contributed by atoms with Crippen molar-refractivity contribution in [1.82, 2.24) is 10.4 Å². The zero-order chi connectivity index (χ0) is 23.0. The third-order valence-electron chi connectivity index (χ3n) is 5.52. The number of hydrazine groups is 1. The molecule has 0 radical (unpaired) electrons. The van der Waals surface area contributed by atoms with Crippen LogP contribution in [0.15, 0.2) is 24.3 Å². The van der Waals surface area contributed by atoms with E-state index in [1.54, 1.807) is 0 Å². The highest BCUT2D eigenvalue weighted by Gasteiger charge is 2.32. The highest BCUT2D eigenvalue weighted by atomic mass is 19.4. The number of nitrogens with two attached hydrogens (primary N) is 1. The molecule has 2 rings (SSSR count). The minimum atomic E-state index is -4.50. The second-order valence-electron chi connectivity index (χ2n) is 8.01. The van der Waals surface area contributed by atoms with Crippen LogP contribution >= 0.6 is 0 Å². The molecular weight excluding hydrogens is 415 g/mol. The van der Waals surface area contributed by atoms with Crippen LogP contribution in [0.25, 0.3) is 0 Å². The fraction of sp³-hybridized carbons (Fsp3) is 0.667. The lowest BCUT2D eigenvalue weighted by Crippen LogP contribution is -2.55. The summed E-state index contributed by atoms with van der Waals surface area (Å²) in [5.74, 6) is -0.338. The van der Waals surface area contributed by atoms with E-state index in [1.165, 1.54) is 25.6 Å². The molecule has 31 heavy (non-hydrogen) atoms. The van der Waals surface area contributed by atoms with Crippen molar-refractivity contribution < 1.29 is 32.9 Å². The number of carbonyl (C=O) groups excluding carboxylic acids is 1. The summed E-state index contributed by atoms with van der Waals surface area (Å²) < 4.78 is 43.5. The van der Waals surface area contributed by atoms with E-state index in [9.17, 15) is 28.2 Å². The van der Waals surface area contributed by atoms with Crippen molar-refractivity contribution in [3.63, 3.8) is 0 Å². The van der Waals surface area contributed by atoms with Crippen LogP contribution in [-0.4, -0.2) is 59.6 Å². The topological polar surface area (TPSA) is 108 Å². The number of ether oxygens (including phenoxy) is 1. The molecule has 1 fully saturated rings. The number of halogens is 3. The van der Waals surface area contributed by atoms with Crippen molar-refractivity contribution in [1.29, 1.82) is 0 Å². The maximum absolute atomic E-state index is 12.8. The van der Waals surface area contributed by atoms with Crippen LogP contribution in [0.2, 0.25) is 0 Å². The number of benzene rings is 1. The van der Waals surface area contributed by atoms with Crippen LogP contribution in [0.1, 0.15) is 44.1 Å². The number of nitrogens with one attached hydrogen (secondary N) is 1. The van der Waals surface area contributed by atoms with Crippen molar-refractivity contribution in [2.24, 2.45) is 11.7 Å². The Kier molecular flexibility index (Phi) is 9.54. The highest BCUT2D eigenvalue weighted by molar-refractivity contribution is 5.81. The fourth-order valence-electron chi connectivity index (χ4n) is 3.79. The van der Waals surface area contributed by atoms with E-state index in [-0.39, 0.29) is 18.9 Å². The van der Waals surface area contributed by atoms with Gasteiger partial charge in [0, 0.05) is 13.1 Å². The van der Waals surface area contributed by atoms with E-state index in [2.05, 4.69) is 5.43 Å². The number of hydrogen-bond acceptors (Lipinski definition) is 6. The van der Waals surface area contributed by atoms with Gasteiger partial charge in [-0.15, -0.1) is 0 Å². The predicted molar refractivity (Wildman–Crippen MR) is 109 cm³/mol. The Morgan fingerprint density at radius 2 is 1.97 bits per heavy atom. The molecule has 1 aromatic carbocycles. The van der Waals surface area contributed by atoms with Crippen molar-refractivity contribution >= 4 is 5.91 Å². The summed E-state index contributed by atoms with van der Waals surface area (Å²) in [6, 6.07) is 3.59. The molecule has 1 aliphatic rings. The number of hydrogen-bond donors (Lipinski definition) is 4. The van der Waals surface area contributed by atoms with Gasteiger partial charge in [0.1, 0.15) is 24.6 Å². The van der Waals surface area contributed by atoms with E-state index in [4.69, 9.17) is 10.5 Å². The van der Waals surface area contributed by atoms with Crippen LogP contribution in [0, 0.1) is 5.92 Å². The first-order chi connectivity index (χ1) is 14.6. The lowest BCUT2D eigenvalue weighted by atomic mass is 9.84. The second-order valence-corrected chi connectivity index (χ2v) is 8.01. The second kappa shape index (κ2) is 11.7. The Labute approximate surface area is 180 Å². The van der Waals surface area contributed by atoms with Gasteiger partial charge < -0.3 is 20.7 Å². The van der Waals surface area contributed by atoms with Crippen molar-refractivity contribution in [3.8, 4) is 5.75 Å². The van der Waals surface area contributed by atoms with Gasteiger partial charge in [-0.3, -0.25) is 9.80 Å². The third kappa shape index (κ3) is 7.95. The molecule has 7 nitrogen and oxygen atoms in total. The van der Waals surface area contributed by atoms with Crippen molar-refractivity contribution in [3.05, 3.63) is 29.8 Å². The van der Waals surface area contributed by atoms with Gasteiger partial charge in [0.2, 0.25) is 0 Å². The van der Waals surface area contributed by atoms with E-state index >= 15 is 0 Å². The molecule has 1 aromatic rings.